The Labute approximate surface area is 172 Å². The smallest absolute Gasteiger partial charge is 0.416 e. The molecule has 0 spiro atoms. The minimum absolute atomic E-state index is 0.0157. The first-order valence-electron chi connectivity index (χ1n) is 8.56. The van der Waals surface area contributed by atoms with Gasteiger partial charge < -0.3 is 10.2 Å². The summed E-state index contributed by atoms with van der Waals surface area (Å²) in [6.07, 6.45) is 2.61. The van der Waals surface area contributed by atoms with Gasteiger partial charge in [0, 0.05) is 24.0 Å². The Morgan fingerprint density at radius 2 is 1.97 bits per heavy atom. The van der Waals surface area contributed by atoms with Crippen LogP contribution in [0.4, 0.5) is 18.9 Å². The number of alkyl halides is 3. The SMILES string of the molecule is CC1(C(=O)O)C=CC=C(C(=O)O)C1.O=[N+]([O-])c1cc(C(F)(F)F)ccc1-n1cccn1. The summed E-state index contributed by atoms with van der Waals surface area (Å²) in [5.74, 6) is -2.06. The molecule has 12 heteroatoms. The maximum atomic E-state index is 12.5. The van der Waals surface area contributed by atoms with Crippen molar-refractivity contribution in [2.24, 2.45) is 5.41 Å². The summed E-state index contributed by atoms with van der Waals surface area (Å²) in [6.45, 7) is 1.50. The summed E-state index contributed by atoms with van der Waals surface area (Å²) in [5, 5.41) is 32.0. The minimum Gasteiger partial charge on any atom is -0.481 e. The molecule has 1 aromatic carbocycles. The third-order valence-electron chi connectivity index (χ3n) is 4.33. The second kappa shape index (κ2) is 8.81. The summed E-state index contributed by atoms with van der Waals surface area (Å²) < 4.78 is 38.5. The predicted octanol–water partition coefficient (Wildman–Crippen LogP) is 3.85. The number of hydrogen-bond acceptors (Lipinski definition) is 5. The van der Waals surface area contributed by atoms with E-state index in [2.05, 4.69) is 5.10 Å². The van der Waals surface area contributed by atoms with E-state index in [1.807, 2.05) is 0 Å². The van der Waals surface area contributed by atoms with Crippen LogP contribution in [0.3, 0.4) is 0 Å². The van der Waals surface area contributed by atoms with E-state index in [0.717, 1.165) is 16.8 Å². The number of aromatic nitrogens is 2. The number of aliphatic carboxylic acids is 2. The number of nitrogens with zero attached hydrogens (tertiary/aromatic N) is 3. The van der Waals surface area contributed by atoms with Gasteiger partial charge in [0.05, 0.1) is 15.9 Å². The van der Waals surface area contributed by atoms with Gasteiger partial charge in [0.15, 0.2) is 0 Å². The molecule has 0 radical (unpaired) electrons. The Kier molecular flexibility index (Phi) is 6.63. The van der Waals surface area contributed by atoms with Crippen LogP contribution in [0.5, 0.6) is 0 Å². The van der Waals surface area contributed by atoms with Gasteiger partial charge in [-0.2, -0.15) is 18.3 Å². The van der Waals surface area contributed by atoms with E-state index in [1.54, 1.807) is 0 Å². The lowest BCUT2D eigenvalue weighted by atomic mass is 9.80. The Morgan fingerprint density at radius 3 is 2.45 bits per heavy atom. The summed E-state index contributed by atoms with van der Waals surface area (Å²) >= 11 is 0. The Balaban J connectivity index is 0.000000233. The molecule has 0 bridgehead atoms. The van der Waals surface area contributed by atoms with Crippen molar-refractivity contribution < 1.29 is 37.9 Å². The van der Waals surface area contributed by atoms with Crippen molar-refractivity contribution in [2.45, 2.75) is 19.5 Å². The van der Waals surface area contributed by atoms with Crippen molar-refractivity contribution >= 4 is 17.6 Å². The number of benzene rings is 1. The molecule has 2 aromatic rings. The molecule has 0 saturated heterocycles. The van der Waals surface area contributed by atoms with Crippen LogP contribution < -0.4 is 0 Å². The molecule has 0 aliphatic heterocycles. The van der Waals surface area contributed by atoms with Crippen molar-refractivity contribution in [3.63, 3.8) is 0 Å². The third kappa shape index (κ3) is 5.56. The largest absolute Gasteiger partial charge is 0.481 e. The van der Waals surface area contributed by atoms with Crippen LogP contribution in [0.25, 0.3) is 5.69 Å². The van der Waals surface area contributed by atoms with Crippen molar-refractivity contribution in [1.29, 1.82) is 0 Å². The highest BCUT2D eigenvalue weighted by Crippen LogP contribution is 2.34. The summed E-state index contributed by atoms with van der Waals surface area (Å²) in [4.78, 5) is 31.3. The van der Waals surface area contributed by atoms with Gasteiger partial charge in [-0.05, 0) is 31.5 Å². The summed E-state index contributed by atoms with van der Waals surface area (Å²) in [7, 11) is 0. The monoisotopic (exact) mass is 439 g/mol. The quantitative estimate of drug-likeness (QED) is 0.546. The molecule has 31 heavy (non-hydrogen) atoms. The zero-order chi connectivity index (χ0) is 23.4. The van der Waals surface area contributed by atoms with E-state index in [-0.39, 0.29) is 17.7 Å². The van der Waals surface area contributed by atoms with Gasteiger partial charge in [-0.1, -0.05) is 18.2 Å². The molecule has 1 unspecified atom stereocenters. The van der Waals surface area contributed by atoms with Crippen molar-refractivity contribution in [3.8, 4) is 5.69 Å². The molecule has 3 rings (SSSR count). The van der Waals surface area contributed by atoms with Crippen LogP contribution in [0.1, 0.15) is 18.9 Å². The van der Waals surface area contributed by atoms with Crippen LogP contribution in [-0.2, 0) is 15.8 Å². The number of carboxylic acid groups (broad SMARTS) is 2. The molecule has 1 atom stereocenters. The van der Waals surface area contributed by atoms with Crippen LogP contribution in [0.2, 0.25) is 0 Å². The molecule has 1 aromatic heterocycles. The zero-order valence-corrected chi connectivity index (χ0v) is 15.9. The number of rotatable bonds is 4. The van der Waals surface area contributed by atoms with Crippen molar-refractivity contribution in [1.82, 2.24) is 9.78 Å². The van der Waals surface area contributed by atoms with Gasteiger partial charge in [-0.3, -0.25) is 14.9 Å². The molecular weight excluding hydrogens is 423 g/mol. The molecule has 0 saturated carbocycles. The lowest BCUT2D eigenvalue weighted by Crippen LogP contribution is -2.28. The first-order valence-corrected chi connectivity index (χ1v) is 8.56. The number of halogens is 3. The second-order valence-corrected chi connectivity index (χ2v) is 6.66. The number of hydrogen-bond donors (Lipinski definition) is 2. The zero-order valence-electron chi connectivity index (χ0n) is 15.9. The fourth-order valence-corrected chi connectivity index (χ4v) is 2.63. The van der Waals surface area contributed by atoms with Gasteiger partial charge in [0.2, 0.25) is 0 Å². The van der Waals surface area contributed by atoms with Gasteiger partial charge >= 0.3 is 18.1 Å². The van der Waals surface area contributed by atoms with Gasteiger partial charge in [0.1, 0.15) is 5.69 Å². The molecule has 1 aliphatic rings. The molecule has 9 nitrogen and oxygen atoms in total. The molecule has 164 valence electrons. The molecular formula is C19H16F3N3O6. The summed E-state index contributed by atoms with van der Waals surface area (Å²) in [6, 6.07) is 3.82. The molecule has 2 N–H and O–H groups in total. The Bertz CT molecular complexity index is 1060. The first kappa shape index (κ1) is 23.3. The van der Waals surface area contributed by atoms with Crippen molar-refractivity contribution in [3.05, 3.63) is 76.1 Å². The van der Waals surface area contributed by atoms with E-state index < -0.39 is 39.7 Å². The average Bonchev–Trinajstić information content (AvgIpc) is 3.22. The molecule has 1 heterocycles. The maximum Gasteiger partial charge on any atom is 0.416 e. The van der Waals surface area contributed by atoms with E-state index in [0.29, 0.717) is 6.07 Å². The molecule has 0 fully saturated rings. The molecule has 0 amide bonds. The highest BCUT2D eigenvalue weighted by atomic mass is 19.4. The van der Waals surface area contributed by atoms with Crippen LogP contribution in [0.15, 0.2) is 60.5 Å². The molecule has 1 aliphatic carbocycles. The van der Waals surface area contributed by atoms with Crippen molar-refractivity contribution in [2.75, 3.05) is 0 Å². The normalized spacial score (nSPS) is 17.9. The van der Waals surface area contributed by atoms with Crippen LogP contribution in [-0.4, -0.2) is 36.9 Å². The van der Waals surface area contributed by atoms with E-state index in [1.165, 1.54) is 43.6 Å². The minimum atomic E-state index is -4.62. The van der Waals surface area contributed by atoms with Crippen LogP contribution >= 0.6 is 0 Å². The van der Waals surface area contributed by atoms with Gasteiger partial charge in [-0.15, -0.1) is 0 Å². The second-order valence-electron chi connectivity index (χ2n) is 6.66. The number of nitro benzene ring substituents is 1. The van der Waals surface area contributed by atoms with E-state index in [4.69, 9.17) is 10.2 Å². The number of nitro groups is 1. The van der Waals surface area contributed by atoms with Crippen LogP contribution in [0, 0.1) is 15.5 Å². The third-order valence-corrected chi connectivity index (χ3v) is 4.33. The first-order chi connectivity index (χ1) is 14.3. The van der Waals surface area contributed by atoms with E-state index in [9.17, 15) is 32.9 Å². The lowest BCUT2D eigenvalue weighted by Gasteiger charge is -2.23. The standard InChI is InChI=1S/C10H6F3N3O2.C9H10O4/c11-10(12,13)7-2-3-8(9(6-7)16(17)18)15-5-1-4-14-15;1-9(8(12)13)4-2-3-6(5-9)7(10)11/h1-6H;2-4H,5H2,1H3,(H,10,11)(H,12,13). The van der Waals surface area contributed by atoms with Gasteiger partial charge in [0.25, 0.3) is 5.69 Å². The highest BCUT2D eigenvalue weighted by Gasteiger charge is 2.34. The van der Waals surface area contributed by atoms with Gasteiger partial charge in [-0.25, -0.2) is 9.48 Å². The Hall–Kier alpha value is -3.96. The average molecular weight is 439 g/mol. The lowest BCUT2D eigenvalue weighted by molar-refractivity contribution is -0.384. The fraction of sp³-hybridized carbons (Fsp3) is 0.211. The maximum absolute atomic E-state index is 12.5. The number of allylic oxidation sites excluding steroid dienone is 2. The topological polar surface area (TPSA) is 136 Å². The Morgan fingerprint density at radius 1 is 1.29 bits per heavy atom. The van der Waals surface area contributed by atoms with E-state index >= 15 is 0 Å². The highest BCUT2D eigenvalue weighted by molar-refractivity contribution is 5.90. The summed E-state index contributed by atoms with van der Waals surface area (Å²) in [5.41, 5.74) is -2.67. The predicted molar refractivity (Wildman–Crippen MR) is 100 cm³/mol. The fourth-order valence-electron chi connectivity index (χ4n) is 2.63. The number of carbonyl (C=O) groups is 2. The number of carboxylic acids is 2.